The summed E-state index contributed by atoms with van der Waals surface area (Å²) < 4.78 is 51.6. The molecule has 3 aromatic carbocycles. The van der Waals surface area contributed by atoms with Crippen molar-refractivity contribution in [1.29, 1.82) is 0 Å². The maximum Gasteiger partial charge on any atom is 0.115 e. The summed E-state index contributed by atoms with van der Waals surface area (Å²) in [5.74, 6) is -2.26. The number of allylic oxidation sites excluding steroid dienone is 1. The Hall–Kier alpha value is -4.79. The largest absolute Gasteiger partial charge is 3.00 e. The van der Waals surface area contributed by atoms with Gasteiger partial charge in [0.2, 0.25) is 0 Å². The number of rotatable bonds is 6. The van der Waals surface area contributed by atoms with Crippen LogP contribution in [0.4, 0.5) is 17.6 Å². The van der Waals surface area contributed by atoms with Gasteiger partial charge in [-0.3, -0.25) is 27.5 Å². The van der Waals surface area contributed by atoms with Gasteiger partial charge in [-0.1, -0.05) is 65.7 Å². The van der Waals surface area contributed by atoms with Gasteiger partial charge in [0.1, 0.15) is 11.8 Å². The number of aliphatic imine (C=N–C) groups is 2. The van der Waals surface area contributed by atoms with Gasteiger partial charge >= 0.3 is 0 Å². The molecule has 45 heavy (non-hydrogen) atoms. The Kier molecular flexibility index (Phi) is 14.0. The summed E-state index contributed by atoms with van der Waals surface area (Å²) in [7, 11) is 0. The molecule has 5 nitrogen and oxygen atoms in total. The van der Waals surface area contributed by atoms with Crippen LogP contribution in [0, 0.1) is 35.4 Å². The number of phenolic OH excluding ortho intramolecular Hbond substituents is 1. The number of hydrogen-bond donors (Lipinski definition) is 1. The van der Waals surface area contributed by atoms with Gasteiger partial charge in [-0.15, -0.1) is 24.3 Å². The van der Waals surface area contributed by atoms with Crippen LogP contribution in [0.2, 0.25) is 0 Å². The molecule has 5 aromatic rings. The minimum Gasteiger partial charge on any atom is -3.00 e. The molecule has 0 aliphatic carbocycles. The summed E-state index contributed by atoms with van der Waals surface area (Å²) >= 11 is 0. The molecule has 3 heterocycles. The second kappa shape index (κ2) is 18.1. The van der Waals surface area contributed by atoms with Gasteiger partial charge in [0.15, 0.2) is 0 Å². The monoisotopic (exact) mass is 787 g/mol. The summed E-state index contributed by atoms with van der Waals surface area (Å²) in [6.07, 6.45) is 11.5. The molecule has 6 rings (SSSR count). The molecule has 2 aromatic heterocycles. The fourth-order valence-electron chi connectivity index (χ4n) is 3.84. The number of aromatic nitrogens is 2. The van der Waals surface area contributed by atoms with Crippen LogP contribution in [0.15, 0.2) is 119 Å². The van der Waals surface area contributed by atoms with Crippen LogP contribution in [0.25, 0.3) is 22.5 Å². The van der Waals surface area contributed by atoms with Crippen LogP contribution >= 0.6 is 0 Å². The molecule has 1 N–H and O–H groups in total. The van der Waals surface area contributed by atoms with Crippen molar-refractivity contribution < 1.29 is 42.8 Å². The predicted molar refractivity (Wildman–Crippen MR) is 163 cm³/mol. The first-order valence-electron chi connectivity index (χ1n) is 13.4. The fraction of sp³-hybridized carbons (Fsp3) is 0.0857. The Morgan fingerprint density at radius 1 is 0.778 bits per heavy atom. The van der Waals surface area contributed by atoms with Gasteiger partial charge in [0.25, 0.3) is 0 Å². The Morgan fingerprint density at radius 3 is 1.84 bits per heavy atom. The molecular formula is C35H26F4IrN4O-5. The van der Waals surface area contributed by atoms with Crippen LogP contribution in [0.1, 0.15) is 5.56 Å². The van der Waals surface area contributed by atoms with Crippen molar-refractivity contribution in [3.05, 3.63) is 150 Å². The quantitative estimate of drug-likeness (QED) is 0.109. The first-order valence-corrected chi connectivity index (χ1v) is 13.4. The minimum atomic E-state index is -0.649. The first kappa shape index (κ1) is 34.7. The maximum atomic E-state index is 13.2. The zero-order valence-corrected chi connectivity index (χ0v) is 26.0. The molecule has 1 aliphatic heterocycles. The van der Waals surface area contributed by atoms with Crippen molar-refractivity contribution in [2.45, 2.75) is 12.5 Å². The van der Waals surface area contributed by atoms with Crippen molar-refractivity contribution in [1.82, 2.24) is 9.97 Å². The second-order valence-corrected chi connectivity index (χ2v) is 9.16. The van der Waals surface area contributed by atoms with E-state index in [1.54, 1.807) is 67.1 Å². The van der Waals surface area contributed by atoms with E-state index in [4.69, 9.17) is 0 Å². The predicted octanol–water partition coefficient (Wildman–Crippen LogP) is 7.67. The van der Waals surface area contributed by atoms with E-state index in [1.807, 2.05) is 30.5 Å². The van der Waals surface area contributed by atoms with Gasteiger partial charge in [-0.25, -0.2) is 0 Å². The van der Waals surface area contributed by atoms with Crippen molar-refractivity contribution in [2.75, 3.05) is 6.54 Å². The van der Waals surface area contributed by atoms with Crippen LogP contribution < -0.4 is 0 Å². The van der Waals surface area contributed by atoms with Crippen molar-refractivity contribution in [3.63, 3.8) is 0 Å². The molecule has 0 amide bonds. The molecule has 234 valence electrons. The average Bonchev–Trinajstić information content (AvgIpc) is 3.55. The van der Waals surface area contributed by atoms with Crippen molar-refractivity contribution in [3.8, 4) is 28.3 Å². The SMILES string of the molecule is Fc1c[c-]c(-c2ccccn2)c(F)c1.Fc1c[c-]c(-c2ccccn2)c(F)c1.Oc1cccc(CCN=CC2C=CC=N2)c1.[Ir-3]. The summed E-state index contributed by atoms with van der Waals surface area (Å²) in [5, 5.41) is 9.28. The summed E-state index contributed by atoms with van der Waals surface area (Å²) in [4.78, 5) is 16.4. The van der Waals surface area contributed by atoms with Crippen LogP contribution in [0.5, 0.6) is 5.75 Å². The van der Waals surface area contributed by atoms with E-state index in [1.165, 1.54) is 0 Å². The zero-order chi connectivity index (χ0) is 31.1. The molecule has 0 saturated heterocycles. The minimum absolute atomic E-state index is 0. The normalized spacial score (nSPS) is 12.9. The van der Waals surface area contributed by atoms with Crippen molar-refractivity contribution in [2.24, 2.45) is 9.98 Å². The molecule has 10 heteroatoms. The summed E-state index contributed by atoms with van der Waals surface area (Å²) in [6, 6.07) is 26.4. The average molecular weight is 787 g/mol. The van der Waals surface area contributed by atoms with E-state index >= 15 is 0 Å². The number of halogens is 4. The van der Waals surface area contributed by atoms with Gasteiger partial charge in [0, 0.05) is 54.6 Å². The van der Waals surface area contributed by atoms with E-state index < -0.39 is 23.3 Å². The molecule has 0 radical (unpaired) electrons. The number of phenols is 1. The third-order valence-corrected chi connectivity index (χ3v) is 5.91. The summed E-state index contributed by atoms with van der Waals surface area (Å²) in [6.45, 7) is 0.726. The molecule has 0 bridgehead atoms. The molecule has 1 unspecified atom stereocenters. The van der Waals surface area contributed by atoms with Crippen LogP contribution in [-0.4, -0.2) is 40.1 Å². The molecular weight excluding hydrogens is 761 g/mol. The topological polar surface area (TPSA) is 70.7 Å². The molecule has 0 fully saturated rings. The molecule has 0 saturated carbocycles. The summed E-state index contributed by atoms with van der Waals surface area (Å²) in [5.41, 5.74) is 2.37. The van der Waals surface area contributed by atoms with E-state index in [0.717, 1.165) is 42.8 Å². The first-order chi connectivity index (χ1) is 21.4. The number of pyridine rings is 2. The number of aromatic hydroxyl groups is 1. The Labute approximate surface area is 272 Å². The van der Waals surface area contributed by atoms with Crippen molar-refractivity contribution >= 4 is 12.4 Å². The van der Waals surface area contributed by atoms with Gasteiger partial charge in [0.05, 0.1) is 0 Å². The molecule has 0 spiro atoms. The number of benzene rings is 3. The Morgan fingerprint density at radius 2 is 1.38 bits per heavy atom. The van der Waals surface area contributed by atoms with E-state index in [9.17, 15) is 22.7 Å². The van der Waals surface area contributed by atoms with E-state index in [2.05, 4.69) is 32.1 Å². The Bertz CT molecular complexity index is 1640. The zero-order valence-electron chi connectivity index (χ0n) is 23.6. The van der Waals surface area contributed by atoms with E-state index in [0.29, 0.717) is 17.1 Å². The maximum absolute atomic E-state index is 13.2. The fourth-order valence-corrected chi connectivity index (χ4v) is 3.84. The molecule has 1 aliphatic rings. The van der Waals surface area contributed by atoms with Crippen LogP contribution in [-0.2, 0) is 26.5 Å². The standard InChI is InChI=1S/C13H14N2O.2C11H6F2N.Ir/c16-13-5-1-3-11(9-13)6-8-14-10-12-4-2-7-15-12;2*12-8-4-5-9(10(13)7-8)11-3-1-2-6-14-11;/h1-5,7,9-10,12,16H,6,8H2;2*1-4,6-7H;/q;2*-1;-3. The second-order valence-electron chi connectivity index (χ2n) is 9.16. The van der Waals surface area contributed by atoms with Gasteiger partial charge in [-0.2, -0.15) is 0 Å². The smallest absolute Gasteiger partial charge is 0.115 e. The third kappa shape index (κ3) is 11.3. The van der Waals surface area contributed by atoms with Gasteiger partial charge < -0.3 is 35.2 Å². The number of hydrogen-bond acceptors (Lipinski definition) is 5. The van der Waals surface area contributed by atoms with E-state index in [-0.39, 0.29) is 37.3 Å². The Balaban J connectivity index is 0.000000183. The van der Waals surface area contributed by atoms with Crippen LogP contribution in [0.3, 0.4) is 0 Å². The number of nitrogens with zero attached hydrogens (tertiary/aromatic N) is 4. The molecule has 1 atom stereocenters. The van der Waals surface area contributed by atoms with Gasteiger partial charge in [-0.05, 0) is 53.7 Å². The third-order valence-electron chi connectivity index (χ3n) is 5.91.